The Morgan fingerprint density at radius 1 is 1.29 bits per heavy atom. The molecule has 0 saturated carbocycles. The SMILES string of the molecule is O=c1ccc2ccc3c(c2o1)OC(CO)CO3. The molecule has 3 rings (SSSR count). The molecule has 2 aromatic rings. The van der Waals surface area contributed by atoms with Crippen LogP contribution in [0.4, 0.5) is 0 Å². The van der Waals surface area contributed by atoms with E-state index in [-0.39, 0.29) is 13.2 Å². The lowest BCUT2D eigenvalue weighted by atomic mass is 10.2. The van der Waals surface area contributed by atoms with Gasteiger partial charge in [0.05, 0.1) is 6.61 Å². The van der Waals surface area contributed by atoms with E-state index in [4.69, 9.17) is 19.0 Å². The molecule has 88 valence electrons. The van der Waals surface area contributed by atoms with Crippen LogP contribution in [-0.4, -0.2) is 24.4 Å². The second kappa shape index (κ2) is 3.78. The van der Waals surface area contributed by atoms with Gasteiger partial charge < -0.3 is 19.0 Å². The van der Waals surface area contributed by atoms with Crippen LogP contribution in [0, 0.1) is 0 Å². The van der Waals surface area contributed by atoms with Crippen molar-refractivity contribution in [2.75, 3.05) is 13.2 Å². The van der Waals surface area contributed by atoms with Crippen LogP contribution in [0.5, 0.6) is 11.5 Å². The largest absolute Gasteiger partial charge is 0.486 e. The fourth-order valence-corrected chi connectivity index (χ4v) is 1.79. The highest BCUT2D eigenvalue weighted by Crippen LogP contribution is 2.38. The number of fused-ring (bicyclic) bond motifs is 3. The fraction of sp³-hybridized carbons (Fsp3) is 0.250. The highest BCUT2D eigenvalue weighted by molar-refractivity contribution is 5.85. The quantitative estimate of drug-likeness (QED) is 0.743. The Morgan fingerprint density at radius 2 is 2.12 bits per heavy atom. The van der Waals surface area contributed by atoms with Crippen LogP contribution in [0.2, 0.25) is 0 Å². The maximum absolute atomic E-state index is 11.2. The Morgan fingerprint density at radius 3 is 2.94 bits per heavy atom. The number of aliphatic hydroxyl groups is 1. The Kier molecular flexibility index (Phi) is 2.26. The van der Waals surface area contributed by atoms with E-state index in [0.717, 1.165) is 5.39 Å². The maximum atomic E-state index is 11.2. The molecule has 0 bridgehead atoms. The lowest BCUT2D eigenvalue weighted by Gasteiger charge is -2.25. The minimum absolute atomic E-state index is 0.146. The average Bonchev–Trinajstić information content (AvgIpc) is 2.38. The van der Waals surface area contributed by atoms with E-state index in [1.807, 2.05) is 0 Å². The number of benzene rings is 1. The van der Waals surface area contributed by atoms with Crippen molar-refractivity contribution < 1.29 is 19.0 Å². The van der Waals surface area contributed by atoms with E-state index >= 15 is 0 Å². The summed E-state index contributed by atoms with van der Waals surface area (Å²) in [6.45, 7) is 0.138. The van der Waals surface area contributed by atoms with Gasteiger partial charge in [-0.25, -0.2) is 4.79 Å². The van der Waals surface area contributed by atoms with E-state index in [0.29, 0.717) is 17.1 Å². The number of rotatable bonds is 1. The summed E-state index contributed by atoms with van der Waals surface area (Å²) in [6, 6.07) is 6.56. The lowest BCUT2D eigenvalue weighted by molar-refractivity contribution is 0.0461. The summed E-state index contributed by atoms with van der Waals surface area (Å²) in [4.78, 5) is 11.2. The number of ether oxygens (including phenoxy) is 2. The van der Waals surface area contributed by atoms with Crippen LogP contribution in [-0.2, 0) is 0 Å². The standard InChI is InChI=1S/C12H10O5/c13-5-8-6-15-9-3-1-7-2-4-10(14)17-11(7)12(9)16-8/h1-4,8,13H,5-6H2. The van der Waals surface area contributed by atoms with Crippen molar-refractivity contribution in [2.45, 2.75) is 6.10 Å². The zero-order chi connectivity index (χ0) is 11.8. The number of hydrogen-bond donors (Lipinski definition) is 1. The van der Waals surface area contributed by atoms with Crippen molar-refractivity contribution in [2.24, 2.45) is 0 Å². The van der Waals surface area contributed by atoms with Gasteiger partial charge in [-0.3, -0.25) is 0 Å². The minimum Gasteiger partial charge on any atom is -0.486 e. The van der Waals surface area contributed by atoms with Crippen LogP contribution >= 0.6 is 0 Å². The van der Waals surface area contributed by atoms with Crippen LogP contribution in [0.3, 0.4) is 0 Å². The van der Waals surface area contributed by atoms with Crippen molar-refractivity contribution in [1.82, 2.24) is 0 Å². The van der Waals surface area contributed by atoms with Gasteiger partial charge in [0, 0.05) is 11.5 Å². The second-order valence-corrected chi connectivity index (χ2v) is 3.80. The Labute approximate surface area is 96.2 Å². The van der Waals surface area contributed by atoms with Crippen LogP contribution in [0.1, 0.15) is 0 Å². The van der Waals surface area contributed by atoms with Gasteiger partial charge in [0.2, 0.25) is 5.75 Å². The van der Waals surface area contributed by atoms with Crippen molar-refractivity contribution in [3.8, 4) is 11.5 Å². The summed E-state index contributed by atoms with van der Waals surface area (Å²) < 4.78 is 16.1. The number of hydrogen-bond acceptors (Lipinski definition) is 5. The first-order valence-electron chi connectivity index (χ1n) is 5.25. The highest BCUT2D eigenvalue weighted by atomic mass is 16.6. The molecular weight excluding hydrogens is 224 g/mol. The molecule has 1 aromatic heterocycles. The van der Waals surface area contributed by atoms with E-state index in [1.165, 1.54) is 6.07 Å². The maximum Gasteiger partial charge on any atom is 0.336 e. The fourth-order valence-electron chi connectivity index (χ4n) is 1.79. The first-order chi connectivity index (χ1) is 8.28. The summed E-state index contributed by atoms with van der Waals surface area (Å²) in [5, 5.41) is 9.80. The van der Waals surface area contributed by atoms with Gasteiger partial charge >= 0.3 is 5.63 Å². The molecule has 17 heavy (non-hydrogen) atoms. The van der Waals surface area contributed by atoms with E-state index in [1.54, 1.807) is 18.2 Å². The molecule has 1 aliphatic rings. The molecule has 1 atom stereocenters. The van der Waals surface area contributed by atoms with Crippen LogP contribution < -0.4 is 15.1 Å². The van der Waals surface area contributed by atoms with Gasteiger partial charge in [0.15, 0.2) is 17.4 Å². The third-order valence-electron chi connectivity index (χ3n) is 2.62. The van der Waals surface area contributed by atoms with Crippen LogP contribution in [0.15, 0.2) is 33.5 Å². The summed E-state index contributed by atoms with van der Waals surface area (Å²) in [5.74, 6) is 0.905. The summed E-state index contributed by atoms with van der Waals surface area (Å²) in [5.41, 5.74) is -0.0891. The topological polar surface area (TPSA) is 68.9 Å². The Bertz CT molecular complexity index is 616. The van der Waals surface area contributed by atoms with Crippen molar-refractivity contribution in [1.29, 1.82) is 0 Å². The molecular formula is C12H10O5. The first kappa shape index (κ1) is 10.2. The summed E-state index contributed by atoms with van der Waals surface area (Å²) >= 11 is 0. The first-order valence-corrected chi connectivity index (χ1v) is 5.25. The van der Waals surface area contributed by atoms with Crippen molar-refractivity contribution in [3.63, 3.8) is 0 Å². The predicted octanol–water partition coefficient (Wildman–Crippen LogP) is 0.925. The molecule has 0 amide bonds. The molecule has 1 unspecified atom stereocenters. The molecule has 2 heterocycles. The monoisotopic (exact) mass is 234 g/mol. The van der Waals surface area contributed by atoms with E-state index in [9.17, 15) is 4.79 Å². The van der Waals surface area contributed by atoms with E-state index < -0.39 is 11.7 Å². The molecule has 0 fully saturated rings. The molecule has 0 spiro atoms. The zero-order valence-corrected chi connectivity index (χ0v) is 8.88. The normalized spacial score (nSPS) is 18.3. The summed E-state index contributed by atoms with van der Waals surface area (Å²) in [6.07, 6.45) is -0.432. The average molecular weight is 234 g/mol. The van der Waals surface area contributed by atoms with Gasteiger partial charge in [-0.2, -0.15) is 0 Å². The lowest BCUT2D eigenvalue weighted by Crippen LogP contribution is -2.32. The zero-order valence-electron chi connectivity index (χ0n) is 8.88. The Hall–Kier alpha value is -2.01. The van der Waals surface area contributed by atoms with Gasteiger partial charge in [-0.05, 0) is 18.2 Å². The minimum atomic E-state index is -0.444. The highest BCUT2D eigenvalue weighted by Gasteiger charge is 2.23. The summed E-state index contributed by atoms with van der Waals surface area (Å²) in [7, 11) is 0. The number of aliphatic hydroxyl groups excluding tert-OH is 1. The third kappa shape index (κ3) is 1.64. The van der Waals surface area contributed by atoms with Gasteiger partial charge in [-0.15, -0.1) is 0 Å². The third-order valence-corrected chi connectivity index (χ3v) is 2.62. The second-order valence-electron chi connectivity index (χ2n) is 3.80. The van der Waals surface area contributed by atoms with Gasteiger partial charge in [0.1, 0.15) is 6.61 Å². The molecule has 0 aliphatic carbocycles. The molecule has 1 N–H and O–H groups in total. The van der Waals surface area contributed by atoms with Crippen LogP contribution in [0.25, 0.3) is 11.0 Å². The molecule has 1 aliphatic heterocycles. The Balaban J connectivity index is 2.23. The molecule has 0 radical (unpaired) electrons. The molecule has 0 saturated heterocycles. The van der Waals surface area contributed by atoms with Gasteiger partial charge in [0.25, 0.3) is 0 Å². The predicted molar refractivity (Wildman–Crippen MR) is 59.5 cm³/mol. The van der Waals surface area contributed by atoms with E-state index in [2.05, 4.69) is 0 Å². The van der Waals surface area contributed by atoms with Crippen molar-refractivity contribution in [3.05, 3.63) is 34.7 Å². The molecule has 5 nitrogen and oxygen atoms in total. The van der Waals surface area contributed by atoms with Gasteiger partial charge in [-0.1, -0.05) is 0 Å². The molecule has 5 heteroatoms. The smallest absolute Gasteiger partial charge is 0.336 e. The van der Waals surface area contributed by atoms with Crippen molar-refractivity contribution >= 4 is 11.0 Å². The molecule has 1 aromatic carbocycles.